The number of hydrogen-bond donors (Lipinski definition) is 1. The molecule has 0 saturated heterocycles. The third-order valence-electron chi connectivity index (χ3n) is 6.52. The molecule has 0 unspecified atom stereocenters. The second kappa shape index (κ2) is 19.7. The quantitative estimate of drug-likeness (QED) is 0.130. The molecule has 1 aromatic carbocycles. The van der Waals surface area contributed by atoms with Crippen molar-refractivity contribution >= 4 is 17.9 Å². The lowest BCUT2D eigenvalue weighted by atomic mass is 10.0. The normalized spacial score (nSPS) is 11.2. The van der Waals surface area contributed by atoms with Crippen LogP contribution in [0.15, 0.2) is 18.2 Å². The van der Waals surface area contributed by atoms with Crippen LogP contribution >= 0.6 is 0 Å². The minimum absolute atomic E-state index is 0.0498. The van der Waals surface area contributed by atoms with E-state index in [0.29, 0.717) is 0 Å². The Morgan fingerprint density at radius 1 is 0.622 bits per heavy atom. The van der Waals surface area contributed by atoms with Gasteiger partial charge in [0.15, 0.2) is 0 Å². The number of ether oxygens (including phenoxy) is 2. The summed E-state index contributed by atoms with van der Waals surface area (Å²) in [5, 5.41) is 9.32. The van der Waals surface area contributed by atoms with Crippen molar-refractivity contribution in [1.29, 1.82) is 0 Å². The molecular weight excluding hydrogens is 468 g/mol. The standard InChI is InChI=1S/C31H50O6/c1-24(2)17-13-9-5-7-11-15-21-36-30(34)27-20-19-26(29(32)33)23-28(27)31(35)37-22-16-12-8-6-10-14-18-25(3)4/h19-20,23-25H,5-18,21-22H2,1-4H3,(H,32,33). The molecular formula is C31H50O6. The van der Waals surface area contributed by atoms with E-state index in [1.165, 1.54) is 69.6 Å². The monoisotopic (exact) mass is 518 g/mol. The largest absolute Gasteiger partial charge is 0.478 e. The Kier molecular flexibility index (Phi) is 17.4. The molecule has 37 heavy (non-hydrogen) atoms. The van der Waals surface area contributed by atoms with Crippen molar-refractivity contribution in [2.45, 2.75) is 118 Å². The minimum atomic E-state index is -1.17. The first-order valence-electron chi connectivity index (χ1n) is 14.4. The van der Waals surface area contributed by atoms with Gasteiger partial charge in [0.05, 0.1) is 29.9 Å². The molecule has 210 valence electrons. The molecule has 0 aliphatic carbocycles. The maximum Gasteiger partial charge on any atom is 0.339 e. The van der Waals surface area contributed by atoms with Gasteiger partial charge in [-0.25, -0.2) is 14.4 Å². The van der Waals surface area contributed by atoms with Gasteiger partial charge in [0.2, 0.25) is 0 Å². The van der Waals surface area contributed by atoms with E-state index >= 15 is 0 Å². The number of hydrogen-bond acceptors (Lipinski definition) is 5. The van der Waals surface area contributed by atoms with Crippen molar-refractivity contribution in [2.75, 3.05) is 13.2 Å². The van der Waals surface area contributed by atoms with Gasteiger partial charge in [0.1, 0.15) is 0 Å². The van der Waals surface area contributed by atoms with Gasteiger partial charge in [-0.1, -0.05) is 105 Å². The van der Waals surface area contributed by atoms with E-state index in [1.54, 1.807) is 0 Å². The third kappa shape index (κ3) is 15.5. The number of carboxylic acids is 1. The van der Waals surface area contributed by atoms with Crippen LogP contribution in [0.25, 0.3) is 0 Å². The molecule has 1 aromatic rings. The molecule has 0 spiro atoms. The summed E-state index contributed by atoms with van der Waals surface area (Å²) in [6.45, 7) is 9.48. The van der Waals surface area contributed by atoms with Crippen molar-refractivity contribution in [3.8, 4) is 0 Å². The first kappa shape index (κ1) is 32.7. The Hall–Kier alpha value is -2.37. The number of carbonyl (C=O) groups is 3. The number of carbonyl (C=O) groups excluding carboxylic acids is 2. The molecule has 0 heterocycles. The van der Waals surface area contributed by atoms with Crippen LogP contribution in [0.3, 0.4) is 0 Å². The summed E-state index contributed by atoms with van der Waals surface area (Å²) in [7, 11) is 0. The third-order valence-corrected chi connectivity index (χ3v) is 6.52. The number of esters is 2. The Morgan fingerprint density at radius 2 is 1.03 bits per heavy atom. The van der Waals surface area contributed by atoms with Gasteiger partial charge in [-0.05, 0) is 42.9 Å². The Bertz CT molecular complexity index is 799. The highest BCUT2D eigenvalue weighted by Gasteiger charge is 2.21. The minimum Gasteiger partial charge on any atom is -0.478 e. The molecule has 1 rings (SSSR count). The van der Waals surface area contributed by atoms with Gasteiger partial charge in [-0.15, -0.1) is 0 Å². The average molecular weight is 519 g/mol. The zero-order valence-electron chi connectivity index (χ0n) is 23.7. The second-order valence-corrected chi connectivity index (χ2v) is 10.9. The van der Waals surface area contributed by atoms with Gasteiger partial charge in [-0.2, -0.15) is 0 Å². The SMILES string of the molecule is CC(C)CCCCCCCCOC(=O)c1ccc(C(=O)O)cc1C(=O)OCCCCCCCCC(C)C. The highest BCUT2D eigenvalue weighted by atomic mass is 16.5. The van der Waals surface area contributed by atoms with Crippen LogP contribution in [-0.4, -0.2) is 36.2 Å². The Labute approximate surface area is 224 Å². The highest BCUT2D eigenvalue weighted by molar-refractivity contribution is 6.05. The Morgan fingerprint density at radius 3 is 1.46 bits per heavy atom. The van der Waals surface area contributed by atoms with E-state index in [-0.39, 0.29) is 29.9 Å². The van der Waals surface area contributed by atoms with Gasteiger partial charge in [0, 0.05) is 0 Å². The average Bonchev–Trinajstić information content (AvgIpc) is 2.85. The van der Waals surface area contributed by atoms with Crippen molar-refractivity contribution in [3.05, 3.63) is 34.9 Å². The van der Waals surface area contributed by atoms with Gasteiger partial charge in [-0.3, -0.25) is 0 Å². The molecule has 0 aliphatic rings. The molecule has 0 aromatic heterocycles. The van der Waals surface area contributed by atoms with Crippen LogP contribution in [0.2, 0.25) is 0 Å². The van der Waals surface area contributed by atoms with Crippen molar-refractivity contribution in [3.63, 3.8) is 0 Å². The van der Waals surface area contributed by atoms with Crippen LogP contribution in [0, 0.1) is 11.8 Å². The fourth-order valence-corrected chi connectivity index (χ4v) is 4.23. The zero-order chi connectivity index (χ0) is 27.5. The lowest BCUT2D eigenvalue weighted by Crippen LogP contribution is -2.16. The molecule has 0 fully saturated rings. The summed E-state index contributed by atoms with van der Waals surface area (Å²) in [5.74, 6) is -0.980. The van der Waals surface area contributed by atoms with Crippen LogP contribution in [-0.2, 0) is 9.47 Å². The lowest BCUT2D eigenvalue weighted by molar-refractivity contribution is 0.0450. The molecule has 0 bridgehead atoms. The summed E-state index contributed by atoms with van der Waals surface area (Å²) in [6.07, 6.45) is 15.5. The van der Waals surface area contributed by atoms with E-state index in [0.717, 1.165) is 50.4 Å². The molecule has 0 atom stereocenters. The fraction of sp³-hybridized carbons (Fsp3) is 0.710. The summed E-state index contributed by atoms with van der Waals surface area (Å²) < 4.78 is 10.8. The summed E-state index contributed by atoms with van der Waals surface area (Å²) in [4.78, 5) is 36.8. The molecule has 1 N–H and O–H groups in total. The number of unbranched alkanes of at least 4 members (excludes halogenated alkanes) is 10. The first-order valence-corrected chi connectivity index (χ1v) is 14.4. The molecule has 0 saturated carbocycles. The van der Waals surface area contributed by atoms with E-state index in [4.69, 9.17) is 9.47 Å². The van der Waals surface area contributed by atoms with Crippen molar-refractivity contribution in [2.24, 2.45) is 11.8 Å². The van der Waals surface area contributed by atoms with E-state index in [2.05, 4.69) is 27.7 Å². The van der Waals surface area contributed by atoms with Crippen LogP contribution in [0.1, 0.15) is 149 Å². The molecule has 6 heteroatoms. The number of rotatable bonds is 21. The lowest BCUT2D eigenvalue weighted by Gasteiger charge is -2.11. The first-order chi connectivity index (χ1) is 17.7. The number of aromatic carboxylic acids is 1. The maximum absolute atomic E-state index is 12.7. The van der Waals surface area contributed by atoms with E-state index in [9.17, 15) is 19.5 Å². The van der Waals surface area contributed by atoms with Crippen molar-refractivity contribution in [1.82, 2.24) is 0 Å². The molecule has 0 radical (unpaired) electrons. The molecule has 6 nitrogen and oxygen atoms in total. The maximum atomic E-state index is 12.7. The number of benzene rings is 1. The van der Waals surface area contributed by atoms with Crippen LogP contribution in [0.5, 0.6) is 0 Å². The molecule has 0 amide bonds. The smallest absolute Gasteiger partial charge is 0.339 e. The summed E-state index contributed by atoms with van der Waals surface area (Å²) in [5.41, 5.74) is -0.0695. The van der Waals surface area contributed by atoms with Crippen LogP contribution in [0.4, 0.5) is 0 Å². The number of carboxylic acid groups (broad SMARTS) is 1. The highest BCUT2D eigenvalue weighted by Crippen LogP contribution is 2.17. The Balaban J connectivity index is 2.44. The predicted molar refractivity (Wildman–Crippen MR) is 148 cm³/mol. The van der Waals surface area contributed by atoms with Crippen molar-refractivity contribution < 1.29 is 29.0 Å². The van der Waals surface area contributed by atoms with Gasteiger partial charge in [0.25, 0.3) is 0 Å². The predicted octanol–water partition coefficient (Wildman–Crippen LogP) is 8.47. The van der Waals surface area contributed by atoms with Gasteiger partial charge >= 0.3 is 17.9 Å². The summed E-state index contributed by atoms with van der Waals surface area (Å²) >= 11 is 0. The molecule has 0 aliphatic heterocycles. The van der Waals surface area contributed by atoms with E-state index < -0.39 is 17.9 Å². The van der Waals surface area contributed by atoms with E-state index in [1.807, 2.05) is 0 Å². The second-order valence-electron chi connectivity index (χ2n) is 10.9. The summed E-state index contributed by atoms with van der Waals surface area (Å²) in [6, 6.07) is 3.85. The zero-order valence-corrected chi connectivity index (χ0v) is 23.7. The van der Waals surface area contributed by atoms with Crippen LogP contribution < -0.4 is 0 Å². The fourth-order valence-electron chi connectivity index (χ4n) is 4.23. The topological polar surface area (TPSA) is 89.9 Å². The van der Waals surface area contributed by atoms with Gasteiger partial charge < -0.3 is 14.6 Å².